The molecule has 1 saturated heterocycles. The van der Waals surface area contributed by atoms with E-state index in [1.807, 2.05) is 11.8 Å². The zero-order valence-electron chi connectivity index (χ0n) is 12.6. The number of hydrogen-bond acceptors (Lipinski definition) is 5. The molecule has 1 atom stereocenters. The lowest BCUT2D eigenvalue weighted by Gasteiger charge is -2.33. The molecule has 1 aromatic heterocycles. The Labute approximate surface area is 138 Å². The van der Waals surface area contributed by atoms with Gasteiger partial charge in [0.05, 0.1) is 15.6 Å². The fraction of sp³-hybridized carbons (Fsp3) is 0.438. The van der Waals surface area contributed by atoms with E-state index in [1.54, 1.807) is 23.5 Å². The first-order chi connectivity index (χ1) is 10.4. The summed E-state index contributed by atoms with van der Waals surface area (Å²) in [6, 6.07) is 6.62. The van der Waals surface area contributed by atoms with Crippen LogP contribution in [0.5, 0.6) is 0 Å². The van der Waals surface area contributed by atoms with Crippen molar-refractivity contribution < 1.29 is 4.92 Å². The third kappa shape index (κ3) is 3.33. The minimum absolute atomic E-state index is 0.116. The number of nitro groups is 1. The Morgan fingerprint density at radius 1 is 1.32 bits per heavy atom. The maximum absolute atomic E-state index is 10.7. The highest BCUT2D eigenvalue weighted by Crippen LogP contribution is 2.44. The summed E-state index contributed by atoms with van der Waals surface area (Å²) in [5.74, 6) is 1.72. The summed E-state index contributed by atoms with van der Waals surface area (Å²) in [6.45, 7) is 4.60. The number of thiazole rings is 1. The van der Waals surface area contributed by atoms with Crippen LogP contribution in [0, 0.1) is 10.1 Å². The third-order valence-electron chi connectivity index (χ3n) is 3.94. The molecule has 0 bridgehead atoms. The highest BCUT2D eigenvalue weighted by molar-refractivity contribution is 8.00. The summed E-state index contributed by atoms with van der Waals surface area (Å²) in [5.41, 5.74) is 1.98. The van der Waals surface area contributed by atoms with Gasteiger partial charge in [0.25, 0.3) is 5.69 Å². The van der Waals surface area contributed by atoms with E-state index in [4.69, 9.17) is 4.98 Å². The fourth-order valence-corrected chi connectivity index (χ4v) is 5.04. The fourth-order valence-electron chi connectivity index (χ4n) is 2.80. The molecule has 6 heteroatoms. The zero-order chi connectivity index (χ0) is 15.7. The number of rotatable bonds is 3. The van der Waals surface area contributed by atoms with E-state index in [2.05, 4.69) is 19.2 Å². The third-order valence-corrected chi connectivity index (χ3v) is 6.34. The van der Waals surface area contributed by atoms with Crippen molar-refractivity contribution >= 4 is 28.8 Å². The summed E-state index contributed by atoms with van der Waals surface area (Å²) in [6.07, 6.45) is 2.34. The molecule has 0 saturated carbocycles. The highest BCUT2D eigenvalue weighted by atomic mass is 32.2. The van der Waals surface area contributed by atoms with Crippen LogP contribution < -0.4 is 0 Å². The van der Waals surface area contributed by atoms with Crippen molar-refractivity contribution in [2.24, 2.45) is 0 Å². The van der Waals surface area contributed by atoms with Crippen LogP contribution >= 0.6 is 23.1 Å². The second-order valence-corrected chi connectivity index (χ2v) is 8.86. The molecule has 4 nitrogen and oxygen atoms in total. The largest absolute Gasteiger partial charge is 0.269 e. The molecular formula is C16H18N2O2S2. The van der Waals surface area contributed by atoms with E-state index in [9.17, 15) is 10.1 Å². The number of benzene rings is 1. The Hall–Kier alpha value is -1.40. The van der Waals surface area contributed by atoms with Gasteiger partial charge in [0.1, 0.15) is 0 Å². The summed E-state index contributed by atoms with van der Waals surface area (Å²) < 4.78 is 0.322. The Kier molecular flexibility index (Phi) is 4.23. The van der Waals surface area contributed by atoms with Crippen molar-refractivity contribution in [3.8, 4) is 11.3 Å². The Bertz CT molecular complexity index is 680. The minimum atomic E-state index is -0.377. The maximum atomic E-state index is 10.7. The molecule has 2 aromatic rings. The molecule has 0 spiro atoms. The first kappa shape index (κ1) is 15.5. The van der Waals surface area contributed by atoms with E-state index < -0.39 is 0 Å². The smallest absolute Gasteiger partial charge is 0.258 e. The summed E-state index contributed by atoms with van der Waals surface area (Å²) in [4.78, 5) is 15.1. The quantitative estimate of drug-likeness (QED) is 0.578. The first-order valence-corrected chi connectivity index (χ1v) is 9.15. The van der Waals surface area contributed by atoms with Crippen LogP contribution in [0.25, 0.3) is 11.3 Å². The molecule has 116 valence electrons. The Morgan fingerprint density at radius 2 is 2.05 bits per heavy atom. The number of nitro benzene ring substituents is 1. The number of non-ortho nitro benzene ring substituents is 1. The van der Waals surface area contributed by atoms with E-state index >= 15 is 0 Å². The topological polar surface area (TPSA) is 56.0 Å². The number of thioether (sulfide) groups is 1. The number of aromatic nitrogens is 1. The van der Waals surface area contributed by atoms with E-state index in [-0.39, 0.29) is 10.6 Å². The van der Waals surface area contributed by atoms with Gasteiger partial charge in [-0.05, 0) is 30.7 Å². The SMILES string of the molecule is CC1(C)CC(c2nc(-c3ccc([N+](=O)[O-])cc3)cs2)CCS1. The molecule has 1 aliphatic heterocycles. The second kappa shape index (κ2) is 6.01. The van der Waals surface area contributed by atoms with Gasteiger partial charge in [0.2, 0.25) is 0 Å². The lowest BCUT2D eigenvalue weighted by molar-refractivity contribution is -0.384. The van der Waals surface area contributed by atoms with Gasteiger partial charge in [-0.25, -0.2) is 4.98 Å². The lowest BCUT2D eigenvalue weighted by atomic mass is 9.94. The summed E-state index contributed by atoms with van der Waals surface area (Å²) in [5, 5.41) is 14.0. The summed E-state index contributed by atoms with van der Waals surface area (Å²) in [7, 11) is 0. The molecule has 0 amide bonds. The van der Waals surface area contributed by atoms with Crippen LogP contribution in [0.4, 0.5) is 5.69 Å². The van der Waals surface area contributed by atoms with Crippen molar-refractivity contribution in [2.45, 2.75) is 37.4 Å². The Balaban J connectivity index is 1.80. The Morgan fingerprint density at radius 3 is 2.68 bits per heavy atom. The van der Waals surface area contributed by atoms with Gasteiger partial charge in [0.15, 0.2) is 0 Å². The van der Waals surface area contributed by atoms with Crippen molar-refractivity contribution in [3.05, 3.63) is 44.8 Å². The van der Waals surface area contributed by atoms with Crippen molar-refractivity contribution in [1.29, 1.82) is 0 Å². The average Bonchev–Trinajstić information content (AvgIpc) is 2.96. The predicted molar refractivity (Wildman–Crippen MR) is 92.7 cm³/mol. The zero-order valence-corrected chi connectivity index (χ0v) is 14.2. The molecule has 3 rings (SSSR count). The van der Waals surface area contributed by atoms with Crippen LogP contribution in [-0.4, -0.2) is 20.4 Å². The first-order valence-electron chi connectivity index (χ1n) is 7.29. The van der Waals surface area contributed by atoms with Crippen molar-refractivity contribution in [1.82, 2.24) is 4.98 Å². The average molecular weight is 334 g/mol. The van der Waals surface area contributed by atoms with Crippen LogP contribution in [0.3, 0.4) is 0 Å². The molecule has 2 heterocycles. The van der Waals surface area contributed by atoms with Gasteiger partial charge in [-0.3, -0.25) is 10.1 Å². The van der Waals surface area contributed by atoms with Crippen LogP contribution in [-0.2, 0) is 0 Å². The van der Waals surface area contributed by atoms with E-state index in [0.29, 0.717) is 10.7 Å². The maximum Gasteiger partial charge on any atom is 0.269 e. The normalized spacial score (nSPS) is 20.7. The lowest BCUT2D eigenvalue weighted by Crippen LogP contribution is -2.24. The molecule has 0 radical (unpaired) electrons. The molecule has 1 aliphatic rings. The van der Waals surface area contributed by atoms with Gasteiger partial charge in [-0.1, -0.05) is 13.8 Å². The van der Waals surface area contributed by atoms with Crippen LogP contribution in [0.1, 0.15) is 37.6 Å². The molecule has 0 N–H and O–H groups in total. The van der Waals surface area contributed by atoms with Gasteiger partial charge >= 0.3 is 0 Å². The van der Waals surface area contributed by atoms with Gasteiger partial charge < -0.3 is 0 Å². The molecule has 1 fully saturated rings. The van der Waals surface area contributed by atoms with Crippen molar-refractivity contribution in [3.63, 3.8) is 0 Å². The molecule has 0 aliphatic carbocycles. The molecule has 1 aromatic carbocycles. The monoisotopic (exact) mass is 334 g/mol. The van der Waals surface area contributed by atoms with Gasteiger partial charge in [0, 0.05) is 33.7 Å². The molecule has 1 unspecified atom stereocenters. The minimum Gasteiger partial charge on any atom is -0.258 e. The van der Waals surface area contributed by atoms with Crippen LogP contribution in [0.15, 0.2) is 29.6 Å². The summed E-state index contributed by atoms with van der Waals surface area (Å²) >= 11 is 3.75. The molecule has 22 heavy (non-hydrogen) atoms. The highest BCUT2D eigenvalue weighted by Gasteiger charge is 2.31. The predicted octanol–water partition coefficient (Wildman–Crippen LogP) is 5.11. The molecular weight excluding hydrogens is 316 g/mol. The van der Waals surface area contributed by atoms with E-state index in [0.717, 1.165) is 17.7 Å². The van der Waals surface area contributed by atoms with Gasteiger partial charge in [-0.15, -0.1) is 11.3 Å². The van der Waals surface area contributed by atoms with Gasteiger partial charge in [-0.2, -0.15) is 11.8 Å². The second-order valence-electron chi connectivity index (χ2n) is 6.17. The van der Waals surface area contributed by atoms with Crippen LogP contribution in [0.2, 0.25) is 0 Å². The number of nitrogens with zero attached hydrogens (tertiary/aromatic N) is 2. The standard InChI is InChI=1S/C16H18N2O2S2/c1-16(2)9-12(7-8-22-16)15-17-14(10-21-15)11-3-5-13(6-4-11)18(19)20/h3-6,10,12H,7-9H2,1-2H3. The van der Waals surface area contributed by atoms with E-state index in [1.165, 1.54) is 29.3 Å². The number of hydrogen-bond donors (Lipinski definition) is 0. The van der Waals surface area contributed by atoms with Crippen molar-refractivity contribution in [2.75, 3.05) is 5.75 Å².